The minimum atomic E-state index is -0.499. The van der Waals surface area contributed by atoms with Gasteiger partial charge in [0.05, 0.1) is 10.8 Å². The molecule has 11 aromatic rings. The largest absolute Gasteiger partial charge is 0.0849 e. The van der Waals surface area contributed by atoms with Crippen molar-refractivity contribution in [1.82, 2.24) is 0 Å². The number of hydrogen-bond donors (Lipinski definition) is 0. The molecule has 0 fully saturated rings. The smallest absolute Gasteiger partial charge is 0.0713 e. The van der Waals surface area contributed by atoms with Crippen LogP contribution in [-0.4, -0.2) is 4.01 Å². The van der Waals surface area contributed by atoms with Gasteiger partial charge in [-0.3, -0.25) is 0 Å². The van der Waals surface area contributed by atoms with Crippen molar-refractivity contribution in [3.05, 3.63) is 337 Å². The van der Waals surface area contributed by atoms with Gasteiger partial charge in [-0.25, -0.2) is 0 Å². The van der Waals surface area contributed by atoms with Gasteiger partial charge in [0.15, 0.2) is 0 Å². The van der Waals surface area contributed by atoms with Crippen LogP contribution in [0.4, 0.5) is 0 Å². The molecular weight excluding hydrogens is 980 g/mol. The van der Waals surface area contributed by atoms with Gasteiger partial charge in [0, 0.05) is 3.57 Å². The van der Waals surface area contributed by atoms with Gasteiger partial charge in [-0.15, -0.1) is 0 Å². The van der Waals surface area contributed by atoms with E-state index < -0.39 is 10.8 Å². The highest BCUT2D eigenvalue weighted by molar-refractivity contribution is 14.2. The highest BCUT2D eigenvalue weighted by Gasteiger charge is 2.48. The first-order chi connectivity index (χ1) is 35.6. The molecule has 0 amide bonds. The summed E-state index contributed by atoms with van der Waals surface area (Å²) in [5.41, 5.74) is 25.2. The van der Waals surface area contributed by atoms with Crippen molar-refractivity contribution in [1.29, 1.82) is 0 Å². The lowest BCUT2D eigenvalue weighted by atomic mass is 9.67. The third-order valence-corrected chi connectivity index (χ3v) is 18.3. The van der Waals surface area contributed by atoms with Crippen molar-refractivity contribution in [2.24, 2.45) is 0 Å². The average Bonchev–Trinajstić information content (AvgIpc) is 3.92. The number of aryl methyl sites for hydroxylation is 1. The summed E-state index contributed by atoms with van der Waals surface area (Å²) in [4.78, 5) is 0. The Labute approximate surface area is 432 Å². The number of benzene rings is 11. The molecule has 72 heavy (non-hydrogen) atoms. The molecule has 1 heteroatoms. The van der Waals surface area contributed by atoms with Gasteiger partial charge < -0.3 is 0 Å². The van der Waals surface area contributed by atoms with Crippen molar-refractivity contribution in [2.75, 3.05) is 0 Å². The van der Waals surface area contributed by atoms with E-state index in [-0.39, 0.29) is 20.7 Å². The lowest BCUT2D eigenvalue weighted by Gasteiger charge is -2.34. The fourth-order valence-corrected chi connectivity index (χ4v) is 15.0. The van der Waals surface area contributed by atoms with Gasteiger partial charge in [0.2, 0.25) is 0 Å². The van der Waals surface area contributed by atoms with Crippen molar-refractivity contribution >= 4 is 41.1 Å². The first-order valence-corrected chi connectivity index (χ1v) is 27.5. The summed E-state index contributed by atoms with van der Waals surface area (Å²) in [6.07, 6.45) is 3.20. The summed E-state index contributed by atoms with van der Waals surface area (Å²) >= 11 is -0.140. The van der Waals surface area contributed by atoms with E-state index in [2.05, 4.69) is 272 Å². The van der Waals surface area contributed by atoms with E-state index in [4.69, 9.17) is 0 Å². The molecule has 2 aliphatic carbocycles. The van der Waals surface area contributed by atoms with Crippen LogP contribution in [0.5, 0.6) is 0 Å². The number of rotatable bonds is 8. The van der Waals surface area contributed by atoms with Gasteiger partial charge in [-0.2, -0.15) is 0 Å². The fourth-order valence-electron chi connectivity index (χ4n) is 12.9. The van der Waals surface area contributed by atoms with Gasteiger partial charge in [0.25, 0.3) is 0 Å². The van der Waals surface area contributed by atoms with Gasteiger partial charge in [-0.05, 0) is 152 Å². The summed E-state index contributed by atoms with van der Waals surface area (Å²) in [5.74, 6) is 0. The molecular formula is C71H49I. The Balaban J connectivity index is 0.885. The van der Waals surface area contributed by atoms with Crippen LogP contribution in [0.3, 0.4) is 0 Å². The zero-order valence-electron chi connectivity index (χ0n) is 40.0. The topological polar surface area (TPSA) is 0 Å². The van der Waals surface area contributed by atoms with E-state index in [0.717, 1.165) is 6.42 Å². The molecule has 3 aliphatic rings. The second-order valence-electron chi connectivity index (χ2n) is 19.7. The minimum absolute atomic E-state index is 0.140. The van der Waals surface area contributed by atoms with Crippen LogP contribution in [0, 0.1) is 10.5 Å². The van der Waals surface area contributed by atoms with E-state index in [1.807, 2.05) is 0 Å². The van der Waals surface area contributed by atoms with E-state index in [1.54, 1.807) is 0 Å². The Morgan fingerprint density at radius 2 is 0.889 bits per heavy atom. The minimum Gasteiger partial charge on any atom is -0.0849 e. The fraction of sp³-hybridized carbons (Fsp3) is 0.0563. The lowest BCUT2D eigenvalue weighted by Crippen LogP contribution is -2.28. The summed E-state index contributed by atoms with van der Waals surface area (Å²) in [6, 6.07) is 96.5. The second-order valence-corrected chi connectivity index (χ2v) is 22.2. The van der Waals surface area contributed by atoms with Crippen LogP contribution in [0.15, 0.2) is 261 Å². The maximum Gasteiger partial charge on any atom is 0.0713 e. The average molecular weight is 1030 g/mol. The maximum absolute atomic E-state index is 2.51. The van der Waals surface area contributed by atoms with Crippen LogP contribution >= 0.6 is 20.7 Å². The molecule has 0 saturated carbocycles. The molecule has 0 radical (unpaired) electrons. The van der Waals surface area contributed by atoms with Crippen LogP contribution in [0.25, 0.3) is 49.7 Å². The highest BCUT2D eigenvalue weighted by atomic mass is 127. The molecule has 0 spiro atoms. The summed E-state index contributed by atoms with van der Waals surface area (Å²) in [7, 11) is 0. The number of halogens is 1. The van der Waals surface area contributed by atoms with Crippen LogP contribution in [-0.2, 0) is 17.3 Å². The van der Waals surface area contributed by atoms with E-state index in [0.29, 0.717) is 0 Å². The summed E-state index contributed by atoms with van der Waals surface area (Å²) in [5, 5.41) is 2.57. The SMILES string of the molecule is Cc1ccc(C2(c3ccc(Cc4ccc(-c5cccc6c5-c5ccccc5C6(c5ccccc5)c5ccccc5)c5ccccc45)cc3)c3ccccc3-c3ccc(C4=CC=Ic5ccccc54)cc32)cc1. The summed E-state index contributed by atoms with van der Waals surface area (Å²) in [6.45, 7) is 2.19. The van der Waals surface area contributed by atoms with Crippen molar-refractivity contribution < 1.29 is 0 Å². The molecule has 14 rings (SSSR count). The predicted octanol–water partition coefficient (Wildman–Crippen LogP) is 17.5. The molecule has 11 aromatic carbocycles. The molecule has 1 atom stereocenters. The van der Waals surface area contributed by atoms with E-state index >= 15 is 0 Å². The monoisotopic (exact) mass is 1030 g/mol. The lowest BCUT2D eigenvalue weighted by molar-refractivity contribution is 0.767. The quantitative estimate of drug-likeness (QED) is 0.133. The summed E-state index contributed by atoms with van der Waals surface area (Å²) < 4.78 is 3.92. The molecule has 1 unspecified atom stereocenters. The van der Waals surface area contributed by atoms with E-state index in [1.165, 1.54) is 126 Å². The van der Waals surface area contributed by atoms with Crippen molar-refractivity contribution in [2.45, 2.75) is 24.2 Å². The standard InChI is InChI=1S/C71H49I/c1-47-31-37-53(38-32-47)71(64-27-13-10-23-59(64)60-42-36-50(46-67(60)71)56-43-44-72-68-30-15-12-24-61(56)68)54-39-33-48(34-40-54)45-49-35-41-58(57-22-9-8-21-55(49)57)62-26-16-29-66-69(62)63-25-11-14-28-65(63)70(66,51-17-4-2-5-18-51)52-19-6-3-7-20-52/h2-44,46H,45H2,1H3. The zero-order chi connectivity index (χ0) is 47.8. The first-order valence-electron chi connectivity index (χ1n) is 25.2. The molecule has 0 saturated heterocycles. The van der Waals surface area contributed by atoms with Gasteiger partial charge in [-0.1, -0.05) is 269 Å². The molecule has 340 valence electrons. The number of hydrogen-bond acceptors (Lipinski definition) is 0. The van der Waals surface area contributed by atoms with Gasteiger partial charge >= 0.3 is 0 Å². The zero-order valence-corrected chi connectivity index (χ0v) is 42.1. The first kappa shape index (κ1) is 42.9. The Bertz CT molecular complexity index is 3950. The Hall–Kier alpha value is -7.98. The van der Waals surface area contributed by atoms with Crippen LogP contribution < -0.4 is 0 Å². The number of fused-ring (bicyclic) bond motifs is 8. The molecule has 1 heterocycles. The molecule has 0 aromatic heterocycles. The van der Waals surface area contributed by atoms with Crippen molar-refractivity contribution in [3.63, 3.8) is 0 Å². The third kappa shape index (κ3) is 6.40. The Morgan fingerprint density at radius 1 is 0.361 bits per heavy atom. The maximum atomic E-state index is 2.51. The Morgan fingerprint density at radius 3 is 1.62 bits per heavy atom. The molecule has 0 bridgehead atoms. The third-order valence-electron chi connectivity index (χ3n) is 16.0. The van der Waals surface area contributed by atoms with E-state index in [9.17, 15) is 0 Å². The van der Waals surface area contributed by atoms with Crippen LogP contribution in [0.2, 0.25) is 0 Å². The molecule has 1 aliphatic heterocycles. The highest BCUT2D eigenvalue weighted by Crippen LogP contribution is 2.60. The predicted molar refractivity (Wildman–Crippen MR) is 310 cm³/mol. The molecule has 0 N–H and O–H groups in total. The normalized spacial score (nSPS) is 15.7. The number of allylic oxidation sites excluding steroid dienone is 1. The van der Waals surface area contributed by atoms with Gasteiger partial charge in [0.1, 0.15) is 0 Å². The molecule has 0 nitrogen and oxygen atoms in total. The second kappa shape index (κ2) is 17.1. The van der Waals surface area contributed by atoms with Crippen LogP contribution in [0.1, 0.15) is 72.3 Å². The van der Waals surface area contributed by atoms with Crippen molar-refractivity contribution in [3.8, 4) is 33.4 Å². The Kier molecular flexibility index (Phi) is 10.2.